The highest BCUT2D eigenvalue weighted by Gasteiger charge is 2.17. The van der Waals surface area contributed by atoms with E-state index in [0.29, 0.717) is 22.0 Å². The van der Waals surface area contributed by atoms with Crippen molar-refractivity contribution in [2.75, 3.05) is 11.9 Å². The first-order valence-corrected chi connectivity index (χ1v) is 9.98. The Morgan fingerprint density at radius 2 is 1.94 bits per heavy atom. The molecule has 0 aliphatic rings. The maximum Gasteiger partial charge on any atom is 0.244 e. The average molecular weight is 434 g/mol. The van der Waals surface area contributed by atoms with Gasteiger partial charge in [-0.1, -0.05) is 48.0 Å². The number of halogens is 1. The quantitative estimate of drug-likeness (QED) is 0.501. The second kappa shape index (κ2) is 10.8. The van der Waals surface area contributed by atoms with Crippen molar-refractivity contribution in [2.24, 2.45) is 0 Å². The summed E-state index contributed by atoms with van der Waals surface area (Å²) >= 11 is 6.38. The molecule has 1 atom stereocenters. The van der Waals surface area contributed by atoms with Gasteiger partial charge in [0.1, 0.15) is 5.76 Å². The van der Waals surface area contributed by atoms with E-state index in [1.807, 2.05) is 30.3 Å². The Kier molecular flexibility index (Phi) is 7.63. The van der Waals surface area contributed by atoms with E-state index in [-0.39, 0.29) is 24.8 Å². The molecular formula is C24H20ClN3O3. The summed E-state index contributed by atoms with van der Waals surface area (Å²) < 4.78 is 5.10. The van der Waals surface area contributed by atoms with Crippen LogP contribution in [0.4, 0.5) is 5.69 Å². The molecule has 1 unspecified atom stereocenters. The smallest absolute Gasteiger partial charge is 0.244 e. The highest BCUT2D eigenvalue weighted by atomic mass is 35.5. The number of carbonyl (C=O) groups excluding carboxylic acids is 2. The Morgan fingerprint density at radius 3 is 2.61 bits per heavy atom. The van der Waals surface area contributed by atoms with Gasteiger partial charge in [-0.15, -0.1) is 0 Å². The molecular weight excluding hydrogens is 414 g/mol. The number of furan rings is 1. The van der Waals surface area contributed by atoms with Crippen LogP contribution in [0.15, 0.2) is 77.4 Å². The van der Waals surface area contributed by atoms with Gasteiger partial charge in [-0.3, -0.25) is 9.59 Å². The molecule has 2 aromatic carbocycles. The van der Waals surface area contributed by atoms with Gasteiger partial charge in [0.05, 0.1) is 18.3 Å². The first-order valence-electron chi connectivity index (χ1n) is 9.60. The van der Waals surface area contributed by atoms with Gasteiger partial charge in [-0.25, -0.2) is 0 Å². The van der Waals surface area contributed by atoms with Gasteiger partial charge in [0.25, 0.3) is 0 Å². The normalized spacial score (nSPS) is 11.6. The molecule has 156 valence electrons. The Bertz CT molecular complexity index is 1100. The molecule has 0 bridgehead atoms. The minimum Gasteiger partial charge on any atom is -0.465 e. The maximum atomic E-state index is 12.2. The zero-order valence-electron chi connectivity index (χ0n) is 16.5. The highest BCUT2D eigenvalue weighted by molar-refractivity contribution is 6.31. The fraction of sp³-hybridized carbons (Fsp3) is 0.125. The molecule has 0 radical (unpaired) electrons. The van der Waals surface area contributed by atoms with Crippen LogP contribution in [-0.4, -0.2) is 18.4 Å². The lowest BCUT2D eigenvalue weighted by Gasteiger charge is -2.13. The lowest BCUT2D eigenvalue weighted by atomic mass is 9.92. The molecule has 6 nitrogen and oxygen atoms in total. The third kappa shape index (κ3) is 6.33. The zero-order chi connectivity index (χ0) is 22.1. The largest absolute Gasteiger partial charge is 0.465 e. The summed E-state index contributed by atoms with van der Waals surface area (Å²) in [5.74, 6) is -0.513. The van der Waals surface area contributed by atoms with Crippen molar-refractivity contribution in [3.05, 3.63) is 94.9 Å². The number of nitrogens with zero attached hydrogens (tertiary/aromatic N) is 1. The van der Waals surface area contributed by atoms with Crippen molar-refractivity contribution >= 4 is 35.2 Å². The number of hydrogen-bond acceptors (Lipinski definition) is 4. The van der Waals surface area contributed by atoms with Crippen molar-refractivity contribution in [3.63, 3.8) is 0 Å². The lowest BCUT2D eigenvalue weighted by molar-refractivity contribution is -0.117. The number of rotatable bonds is 8. The summed E-state index contributed by atoms with van der Waals surface area (Å²) in [7, 11) is 0. The molecule has 31 heavy (non-hydrogen) atoms. The monoisotopic (exact) mass is 433 g/mol. The van der Waals surface area contributed by atoms with E-state index in [2.05, 4.69) is 16.7 Å². The van der Waals surface area contributed by atoms with Crippen LogP contribution in [0.3, 0.4) is 0 Å². The van der Waals surface area contributed by atoms with Gasteiger partial charge in [-0.2, -0.15) is 5.26 Å². The third-order valence-electron chi connectivity index (χ3n) is 4.45. The van der Waals surface area contributed by atoms with Gasteiger partial charge in [-0.05, 0) is 41.5 Å². The van der Waals surface area contributed by atoms with E-state index in [9.17, 15) is 14.9 Å². The number of hydrogen-bond donors (Lipinski definition) is 2. The van der Waals surface area contributed by atoms with Gasteiger partial charge >= 0.3 is 0 Å². The van der Waals surface area contributed by atoms with Gasteiger partial charge in [0, 0.05) is 29.8 Å². The lowest BCUT2D eigenvalue weighted by Crippen LogP contribution is -2.26. The topological polar surface area (TPSA) is 95.1 Å². The zero-order valence-corrected chi connectivity index (χ0v) is 17.3. The fourth-order valence-electron chi connectivity index (χ4n) is 2.93. The molecule has 0 aliphatic carbocycles. The minimum absolute atomic E-state index is 0.102. The van der Waals surface area contributed by atoms with E-state index in [0.717, 1.165) is 5.56 Å². The fourth-order valence-corrected chi connectivity index (χ4v) is 3.22. The van der Waals surface area contributed by atoms with Crippen LogP contribution in [0.2, 0.25) is 5.02 Å². The van der Waals surface area contributed by atoms with Gasteiger partial charge < -0.3 is 15.1 Å². The summed E-state index contributed by atoms with van der Waals surface area (Å²) in [6.45, 7) is 0.184. The summed E-state index contributed by atoms with van der Waals surface area (Å²) in [4.78, 5) is 23.9. The van der Waals surface area contributed by atoms with Crippen LogP contribution in [0, 0.1) is 11.3 Å². The molecule has 2 N–H and O–H groups in total. The first kappa shape index (κ1) is 21.9. The third-order valence-corrected chi connectivity index (χ3v) is 4.78. The Morgan fingerprint density at radius 1 is 1.13 bits per heavy atom. The molecule has 1 aromatic heterocycles. The van der Waals surface area contributed by atoms with E-state index in [1.54, 1.807) is 36.4 Å². The number of amides is 2. The molecule has 0 saturated carbocycles. The summed E-state index contributed by atoms with van der Waals surface area (Å²) in [6.07, 6.45) is 4.50. The molecule has 0 spiro atoms. The minimum atomic E-state index is -0.497. The first-order chi connectivity index (χ1) is 15.1. The average Bonchev–Trinajstić information content (AvgIpc) is 3.29. The Labute approximate surface area is 185 Å². The molecule has 7 heteroatoms. The summed E-state index contributed by atoms with van der Waals surface area (Å²) in [5.41, 5.74) is 2.04. The van der Waals surface area contributed by atoms with Crippen LogP contribution in [0.1, 0.15) is 29.2 Å². The van der Waals surface area contributed by atoms with Crippen molar-refractivity contribution < 1.29 is 14.0 Å². The van der Waals surface area contributed by atoms with Crippen LogP contribution in [0.5, 0.6) is 0 Å². The summed E-state index contributed by atoms with van der Waals surface area (Å²) in [6, 6.07) is 20.2. The maximum absolute atomic E-state index is 12.2. The molecule has 3 rings (SSSR count). The molecule has 0 saturated heterocycles. The van der Waals surface area contributed by atoms with E-state index in [4.69, 9.17) is 16.0 Å². The van der Waals surface area contributed by atoms with Gasteiger partial charge in [0.2, 0.25) is 11.8 Å². The number of carbonyl (C=O) groups is 2. The van der Waals surface area contributed by atoms with Crippen LogP contribution in [0.25, 0.3) is 6.08 Å². The van der Waals surface area contributed by atoms with Crippen LogP contribution >= 0.6 is 11.6 Å². The predicted octanol–water partition coefficient (Wildman–Crippen LogP) is 4.75. The second-order valence-corrected chi connectivity index (χ2v) is 7.05. The summed E-state index contributed by atoms with van der Waals surface area (Å²) in [5, 5.41) is 15.4. The number of benzene rings is 2. The number of anilines is 1. The van der Waals surface area contributed by atoms with Crippen molar-refractivity contribution in [1.82, 2.24) is 5.32 Å². The Balaban J connectivity index is 1.52. The van der Waals surface area contributed by atoms with Crippen molar-refractivity contribution in [2.45, 2.75) is 12.3 Å². The van der Waals surface area contributed by atoms with Crippen LogP contribution < -0.4 is 10.6 Å². The number of nitriles is 1. The standard InChI is InChI=1S/C24H20ClN3O3/c25-22-15-18(8-10-20(22)21(16-26)17-5-2-1-3-6-17)28-24(30)12-13-27-23(29)11-9-19-7-4-14-31-19/h1-11,14-15,21H,12-13H2,(H,27,29)(H,28,30)/b11-9+. The molecule has 2 amide bonds. The van der Waals surface area contributed by atoms with Crippen molar-refractivity contribution in [1.29, 1.82) is 5.26 Å². The molecule has 3 aromatic rings. The number of nitrogens with one attached hydrogen (secondary N) is 2. The van der Waals surface area contributed by atoms with E-state index < -0.39 is 5.92 Å². The van der Waals surface area contributed by atoms with E-state index in [1.165, 1.54) is 12.3 Å². The predicted molar refractivity (Wildman–Crippen MR) is 119 cm³/mol. The molecule has 0 fully saturated rings. The SMILES string of the molecule is N#CC(c1ccccc1)c1ccc(NC(=O)CCNC(=O)/C=C/c2ccco2)cc1Cl. The van der Waals surface area contributed by atoms with E-state index >= 15 is 0 Å². The Hall–Kier alpha value is -3.82. The second-order valence-electron chi connectivity index (χ2n) is 6.65. The van der Waals surface area contributed by atoms with Gasteiger partial charge in [0.15, 0.2) is 0 Å². The van der Waals surface area contributed by atoms with Crippen LogP contribution in [-0.2, 0) is 9.59 Å². The molecule has 1 heterocycles. The van der Waals surface area contributed by atoms with Crippen molar-refractivity contribution in [3.8, 4) is 6.07 Å². The highest BCUT2D eigenvalue weighted by Crippen LogP contribution is 2.31. The molecule has 0 aliphatic heterocycles.